The van der Waals surface area contributed by atoms with Crippen LogP contribution in [0, 0.1) is 5.92 Å². The topological polar surface area (TPSA) is 95.0 Å². The summed E-state index contributed by atoms with van der Waals surface area (Å²) < 4.78 is 0. The van der Waals surface area contributed by atoms with Crippen LogP contribution in [0.15, 0.2) is 12.3 Å². The number of aromatic nitrogens is 3. The Morgan fingerprint density at radius 2 is 1.93 bits per heavy atom. The predicted octanol–water partition coefficient (Wildman–Crippen LogP) is 3.09. The summed E-state index contributed by atoms with van der Waals surface area (Å²) in [6, 6.07) is 2.62. The summed E-state index contributed by atoms with van der Waals surface area (Å²) in [6.45, 7) is 8.48. The van der Waals surface area contributed by atoms with Crippen molar-refractivity contribution in [3.63, 3.8) is 0 Å². The number of aliphatic hydroxyl groups is 1. The molecule has 0 aliphatic heterocycles. The SMILES string of the molecule is CNC(O)[C@H]1CC[C@@H](Nc2ncc3cc(C(C)C)nc(NC(C)C)c3n2)C1. The Labute approximate surface area is 161 Å². The van der Waals surface area contributed by atoms with E-state index in [-0.39, 0.29) is 18.0 Å². The molecule has 4 N–H and O–H groups in total. The molecule has 3 atom stereocenters. The predicted molar refractivity (Wildman–Crippen MR) is 110 cm³/mol. The average molecular weight is 373 g/mol. The van der Waals surface area contributed by atoms with Crippen molar-refractivity contribution in [2.45, 2.75) is 71.2 Å². The van der Waals surface area contributed by atoms with Gasteiger partial charge in [-0.15, -0.1) is 0 Å². The van der Waals surface area contributed by atoms with E-state index in [1.54, 1.807) is 7.05 Å². The number of hydrogen-bond acceptors (Lipinski definition) is 7. The van der Waals surface area contributed by atoms with E-state index in [4.69, 9.17) is 9.97 Å². The molecule has 148 valence electrons. The van der Waals surface area contributed by atoms with Crippen LogP contribution in [0.1, 0.15) is 58.6 Å². The third-order valence-electron chi connectivity index (χ3n) is 5.15. The normalized spacial score (nSPS) is 21.2. The van der Waals surface area contributed by atoms with Gasteiger partial charge in [-0.05, 0) is 52.1 Å². The van der Waals surface area contributed by atoms with Crippen molar-refractivity contribution in [3.8, 4) is 0 Å². The third kappa shape index (κ3) is 4.65. The molecule has 2 heterocycles. The molecule has 0 radical (unpaired) electrons. The monoisotopic (exact) mass is 372 g/mol. The average Bonchev–Trinajstić information content (AvgIpc) is 3.09. The number of rotatable bonds is 7. The minimum atomic E-state index is -0.449. The molecular weight excluding hydrogens is 340 g/mol. The molecule has 1 unspecified atom stereocenters. The van der Waals surface area contributed by atoms with Crippen LogP contribution in [0.3, 0.4) is 0 Å². The Morgan fingerprint density at radius 3 is 2.59 bits per heavy atom. The molecule has 0 amide bonds. The zero-order chi connectivity index (χ0) is 19.6. The van der Waals surface area contributed by atoms with Gasteiger partial charge in [0.15, 0.2) is 5.82 Å². The van der Waals surface area contributed by atoms with Crippen molar-refractivity contribution in [1.29, 1.82) is 0 Å². The van der Waals surface area contributed by atoms with E-state index in [9.17, 15) is 5.11 Å². The van der Waals surface area contributed by atoms with Gasteiger partial charge in [0.05, 0.1) is 0 Å². The van der Waals surface area contributed by atoms with Gasteiger partial charge in [-0.25, -0.2) is 15.0 Å². The molecule has 0 spiro atoms. The van der Waals surface area contributed by atoms with E-state index >= 15 is 0 Å². The van der Waals surface area contributed by atoms with Crippen molar-refractivity contribution >= 4 is 22.7 Å². The standard InChI is InChI=1S/C20H32N6O/c1-11(2)16-9-14-10-22-20(26-17(14)18(25-16)23-12(3)4)24-15-7-6-13(8-15)19(27)21-5/h9-13,15,19,21,27H,6-8H2,1-5H3,(H,23,25)(H,22,24,26)/t13-,15+,19?/m0/s1. The van der Waals surface area contributed by atoms with Crippen LogP contribution >= 0.6 is 0 Å². The quantitative estimate of drug-likeness (QED) is 0.555. The Hall–Kier alpha value is -1.99. The maximum absolute atomic E-state index is 9.99. The molecule has 2 aromatic heterocycles. The first kappa shape index (κ1) is 19.8. The van der Waals surface area contributed by atoms with Gasteiger partial charge in [-0.2, -0.15) is 0 Å². The van der Waals surface area contributed by atoms with Crippen LogP contribution in [-0.4, -0.2) is 45.4 Å². The highest BCUT2D eigenvalue weighted by Gasteiger charge is 2.29. The zero-order valence-electron chi connectivity index (χ0n) is 17.0. The fourth-order valence-electron chi connectivity index (χ4n) is 3.65. The molecular formula is C20H32N6O. The van der Waals surface area contributed by atoms with E-state index < -0.39 is 6.23 Å². The molecule has 1 saturated carbocycles. The second-order valence-corrected chi connectivity index (χ2v) is 8.13. The second kappa shape index (κ2) is 8.35. The molecule has 2 aromatic rings. The third-order valence-corrected chi connectivity index (χ3v) is 5.15. The van der Waals surface area contributed by atoms with Crippen molar-refractivity contribution in [2.24, 2.45) is 5.92 Å². The number of nitrogens with zero attached hydrogens (tertiary/aromatic N) is 3. The molecule has 0 saturated heterocycles. The zero-order valence-corrected chi connectivity index (χ0v) is 17.0. The lowest BCUT2D eigenvalue weighted by Gasteiger charge is -2.18. The molecule has 7 heteroatoms. The Bertz CT molecular complexity index is 778. The van der Waals surface area contributed by atoms with Crippen LogP contribution in [0.4, 0.5) is 11.8 Å². The summed E-state index contributed by atoms with van der Waals surface area (Å²) in [7, 11) is 1.79. The maximum atomic E-state index is 9.99. The summed E-state index contributed by atoms with van der Waals surface area (Å²) in [4.78, 5) is 14.1. The minimum Gasteiger partial charge on any atom is -0.378 e. The number of pyridine rings is 1. The molecule has 1 aliphatic rings. The highest BCUT2D eigenvalue weighted by molar-refractivity contribution is 5.89. The van der Waals surface area contributed by atoms with Crippen LogP contribution in [0.5, 0.6) is 0 Å². The van der Waals surface area contributed by atoms with E-state index in [0.29, 0.717) is 11.9 Å². The van der Waals surface area contributed by atoms with Crippen molar-refractivity contribution in [1.82, 2.24) is 20.3 Å². The summed E-state index contributed by atoms with van der Waals surface area (Å²) in [5.74, 6) is 2.04. The van der Waals surface area contributed by atoms with Gasteiger partial charge in [0, 0.05) is 35.3 Å². The summed E-state index contributed by atoms with van der Waals surface area (Å²) in [5.41, 5.74) is 1.88. The van der Waals surface area contributed by atoms with E-state index in [0.717, 1.165) is 41.7 Å². The minimum absolute atomic E-state index is 0.265. The Morgan fingerprint density at radius 1 is 1.15 bits per heavy atom. The summed E-state index contributed by atoms with van der Waals surface area (Å²) in [5, 5.41) is 20.8. The molecule has 27 heavy (non-hydrogen) atoms. The molecule has 7 nitrogen and oxygen atoms in total. The van der Waals surface area contributed by atoms with Crippen LogP contribution in [-0.2, 0) is 0 Å². The fourth-order valence-corrected chi connectivity index (χ4v) is 3.65. The Balaban J connectivity index is 1.84. The highest BCUT2D eigenvalue weighted by atomic mass is 16.3. The first-order valence-electron chi connectivity index (χ1n) is 9.93. The number of fused-ring (bicyclic) bond motifs is 1. The van der Waals surface area contributed by atoms with Gasteiger partial charge in [0.25, 0.3) is 0 Å². The smallest absolute Gasteiger partial charge is 0.223 e. The van der Waals surface area contributed by atoms with Crippen LogP contribution in [0.2, 0.25) is 0 Å². The number of nitrogens with one attached hydrogen (secondary N) is 3. The number of aliphatic hydroxyl groups excluding tert-OH is 1. The fraction of sp³-hybridized carbons (Fsp3) is 0.650. The lowest BCUT2D eigenvalue weighted by molar-refractivity contribution is 0.0850. The molecule has 0 bridgehead atoms. The van der Waals surface area contributed by atoms with Gasteiger partial charge in [0.2, 0.25) is 5.95 Å². The van der Waals surface area contributed by atoms with E-state index in [1.807, 2.05) is 6.20 Å². The number of anilines is 2. The second-order valence-electron chi connectivity index (χ2n) is 8.13. The van der Waals surface area contributed by atoms with Gasteiger partial charge in [0.1, 0.15) is 11.7 Å². The molecule has 3 rings (SSSR count). The van der Waals surface area contributed by atoms with Crippen molar-refractivity contribution < 1.29 is 5.11 Å². The van der Waals surface area contributed by atoms with Gasteiger partial charge < -0.3 is 15.7 Å². The first-order chi connectivity index (χ1) is 12.9. The highest BCUT2D eigenvalue weighted by Crippen LogP contribution is 2.30. The van der Waals surface area contributed by atoms with Gasteiger partial charge in [-0.3, -0.25) is 5.32 Å². The summed E-state index contributed by atoms with van der Waals surface area (Å²) >= 11 is 0. The van der Waals surface area contributed by atoms with Crippen molar-refractivity contribution in [2.75, 3.05) is 17.7 Å². The molecule has 1 fully saturated rings. The van der Waals surface area contributed by atoms with Crippen LogP contribution in [0.25, 0.3) is 10.9 Å². The van der Waals surface area contributed by atoms with E-state index in [2.05, 4.69) is 54.7 Å². The molecule has 0 aromatic carbocycles. The van der Waals surface area contributed by atoms with Crippen molar-refractivity contribution in [3.05, 3.63) is 18.0 Å². The number of hydrogen-bond donors (Lipinski definition) is 4. The lowest BCUT2D eigenvalue weighted by atomic mass is 10.1. The Kier molecular flexibility index (Phi) is 6.11. The van der Waals surface area contributed by atoms with Crippen LogP contribution < -0.4 is 16.0 Å². The molecule has 1 aliphatic carbocycles. The first-order valence-corrected chi connectivity index (χ1v) is 9.93. The van der Waals surface area contributed by atoms with E-state index in [1.165, 1.54) is 0 Å². The van der Waals surface area contributed by atoms with Gasteiger partial charge in [-0.1, -0.05) is 13.8 Å². The largest absolute Gasteiger partial charge is 0.378 e. The summed E-state index contributed by atoms with van der Waals surface area (Å²) in [6.07, 6.45) is 4.33. The lowest BCUT2D eigenvalue weighted by Crippen LogP contribution is -2.32. The maximum Gasteiger partial charge on any atom is 0.223 e. The van der Waals surface area contributed by atoms with Gasteiger partial charge >= 0.3 is 0 Å².